The van der Waals surface area contributed by atoms with Crippen molar-refractivity contribution in [3.63, 3.8) is 0 Å². The summed E-state index contributed by atoms with van der Waals surface area (Å²) < 4.78 is 6.41. The minimum absolute atomic E-state index is 0.877. The molecule has 220 valence electrons. The lowest BCUT2D eigenvalue weighted by molar-refractivity contribution is 0.669. The molecule has 0 radical (unpaired) electrons. The molecule has 10 aromatic rings. The summed E-state index contributed by atoms with van der Waals surface area (Å²) in [5.41, 5.74) is 9.69. The van der Waals surface area contributed by atoms with E-state index in [1.807, 2.05) is 0 Å². The second kappa shape index (κ2) is 10.1. The number of furan rings is 1. The first-order valence-electron chi connectivity index (χ1n) is 16.0. The van der Waals surface area contributed by atoms with Gasteiger partial charge in [0.05, 0.1) is 5.52 Å². The summed E-state index contributed by atoms with van der Waals surface area (Å²) in [5, 5.41) is 9.54. The fraction of sp³-hybridized carbons (Fsp3) is 0. The van der Waals surface area contributed by atoms with Gasteiger partial charge >= 0.3 is 0 Å². The Morgan fingerprint density at radius 1 is 0.404 bits per heavy atom. The van der Waals surface area contributed by atoms with E-state index in [1.54, 1.807) is 0 Å². The van der Waals surface area contributed by atoms with Gasteiger partial charge in [-0.05, 0) is 87.8 Å². The normalized spacial score (nSPS) is 11.8. The van der Waals surface area contributed by atoms with E-state index in [0.717, 1.165) is 55.6 Å². The maximum absolute atomic E-state index is 6.41. The van der Waals surface area contributed by atoms with E-state index >= 15 is 0 Å². The van der Waals surface area contributed by atoms with E-state index in [1.165, 1.54) is 37.9 Å². The molecule has 0 saturated carbocycles. The fourth-order valence-corrected chi connectivity index (χ4v) is 7.26. The highest BCUT2D eigenvalue weighted by molar-refractivity contribution is 6.13. The van der Waals surface area contributed by atoms with Crippen LogP contribution in [-0.2, 0) is 0 Å². The molecule has 0 aliphatic rings. The lowest BCUT2D eigenvalue weighted by Gasteiger charge is -2.26. The van der Waals surface area contributed by atoms with Gasteiger partial charge in [-0.15, -0.1) is 0 Å². The molecule has 47 heavy (non-hydrogen) atoms. The Balaban J connectivity index is 1.17. The first-order valence-corrected chi connectivity index (χ1v) is 16.0. The largest absolute Gasteiger partial charge is 0.456 e. The number of benzene rings is 8. The number of anilines is 3. The lowest BCUT2D eigenvalue weighted by Crippen LogP contribution is -2.09. The number of aromatic nitrogens is 1. The van der Waals surface area contributed by atoms with E-state index in [4.69, 9.17) is 4.42 Å². The Hall–Kier alpha value is -6.32. The van der Waals surface area contributed by atoms with E-state index in [2.05, 4.69) is 174 Å². The Kier molecular flexibility index (Phi) is 5.57. The molecule has 2 heterocycles. The highest BCUT2D eigenvalue weighted by Crippen LogP contribution is 2.42. The molecule has 0 unspecified atom stereocenters. The lowest BCUT2D eigenvalue weighted by atomic mass is 10.00. The first kappa shape index (κ1) is 26.0. The van der Waals surface area contributed by atoms with Gasteiger partial charge in [-0.25, -0.2) is 0 Å². The molecular formula is C44H28N2O. The molecule has 0 fully saturated rings. The van der Waals surface area contributed by atoms with Crippen LogP contribution in [0.2, 0.25) is 0 Å². The predicted molar refractivity (Wildman–Crippen MR) is 198 cm³/mol. The maximum atomic E-state index is 6.41. The van der Waals surface area contributed by atoms with Crippen molar-refractivity contribution in [1.82, 2.24) is 4.98 Å². The van der Waals surface area contributed by atoms with Crippen LogP contribution in [-0.4, -0.2) is 4.98 Å². The van der Waals surface area contributed by atoms with Gasteiger partial charge in [0, 0.05) is 49.7 Å². The van der Waals surface area contributed by atoms with Gasteiger partial charge < -0.3 is 14.3 Å². The molecule has 3 heteroatoms. The number of para-hydroxylation sites is 2. The Labute approximate surface area is 270 Å². The van der Waals surface area contributed by atoms with Gasteiger partial charge in [0.1, 0.15) is 11.2 Å². The average molecular weight is 601 g/mol. The van der Waals surface area contributed by atoms with E-state index in [-0.39, 0.29) is 0 Å². The summed E-state index contributed by atoms with van der Waals surface area (Å²) in [4.78, 5) is 6.03. The van der Waals surface area contributed by atoms with Gasteiger partial charge in [0.25, 0.3) is 0 Å². The molecule has 0 atom stereocenters. The Morgan fingerprint density at radius 2 is 0.979 bits per heavy atom. The van der Waals surface area contributed by atoms with Gasteiger partial charge in [-0.1, -0.05) is 103 Å². The SMILES string of the molecule is c1ccc2cc(N(c3ccc4ccccc4c3)c3ccc4oc5ccc(-c6cccc7c6[nH]c6ccccc67)cc5c4c3)ccc2c1. The van der Waals surface area contributed by atoms with Crippen molar-refractivity contribution in [1.29, 1.82) is 0 Å². The standard InChI is InChI=1S/C44H28N2O/c1-3-10-30-24-33(19-16-28(30)8-1)46(34-20-17-29-9-2-4-11-31(29)25-34)35-21-23-43-40(27-35)39-26-32(18-22-42(39)47-43)36-13-7-14-38-37-12-5-6-15-41(37)45-44(36)38/h1-27,45H. The number of hydrogen-bond donors (Lipinski definition) is 1. The van der Waals surface area contributed by atoms with Crippen LogP contribution < -0.4 is 4.90 Å². The van der Waals surface area contributed by atoms with Crippen molar-refractivity contribution in [3.8, 4) is 11.1 Å². The molecule has 0 aliphatic heterocycles. The van der Waals surface area contributed by atoms with Gasteiger partial charge in [0.15, 0.2) is 0 Å². The van der Waals surface area contributed by atoms with E-state index in [9.17, 15) is 0 Å². The number of hydrogen-bond acceptors (Lipinski definition) is 2. The zero-order chi connectivity index (χ0) is 30.9. The van der Waals surface area contributed by atoms with Gasteiger partial charge in [-0.3, -0.25) is 0 Å². The summed E-state index contributed by atoms with van der Waals surface area (Å²) in [6.07, 6.45) is 0. The fourth-order valence-electron chi connectivity index (χ4n) is 7.26. The molecular weight excluding hydrogens is 572 g/mol. The summed E-state index contributed by atoms with van der Waals surface area (Å²) in [7, 11) is 0. The Bertz CT molecular complexity index is 2740. The summed E-state index contributed by atoms with van der Waals surface area (Å²) in [6.45, 7) is 0. The van der Waals surface area contributed by atoms with E-state index < -0.39 is 0 Å². The van der Waals surface area contributed by atoms with Gasteiger partial charge in [-0.2, -0.15) is 0 Å². The Morgan fingerprint density at radius 3 is 1.72 bits per heavy atom. The van der Waals surface area contributed by atoms with Gasteiger partial charge in [0.2, 0.25) is 0 Å². The number of nitrogens with one attached hydrogen (secondary N) is 1. The third-order valence-electron chi connectivity index (χ3n) is 9.55. The van der Waals surface area contributed by atoms with Crippen LogP contribution in [0, 0.1) is 0 Å². The highest BCUT2D eigenvalue weighted by Gasteiger charge is 2.18. The molecule has 0 spiro atoms. The second-order valence-electron chi connectivity index (χ2n) is 12.3. The van der Waals surface area contributed by atoms with Crippen molar-refractivity contribution >= 4 is 82.4 Å². The second-order valence-corrected chi connectivity index (χ2v) is 12.3. The summed E-state index contributed by atoms with van der Waals surface area (Å²) >= 11 is 0. The molecule has 2 aromatic heterocycles. The number of H-pyrrole nitrogens is 1. The van der Waals surface area contributed by atoms with Crippen LogP contribution in [0.1, 0.15) is 0 Å². The third-order valence-corrected chi connectivity index (χ3v) is 9.55. The monoisotopic (exact) mass is 600 g/mol. The average Bonchev–Trinajstić information content (AvgIpc) is 3.69. The molecule has 8 aromatic carbocycles. The van der Waals surface area contributed by atoms with Crippen LogP contribution >= 0.6 is 0 Å². The van der Waals surface area contributed by atoms with Crippen LogP contribution in [0.25, 0.3) is 76.4 Å². The quantitative estimate of drug-likeness (QED) is 0.218. The summed E-state index contributed by atoms with van der Waals surface area (Å²) in [6, 6.07) is 58.7. The topological polar surface area (TPSA) is 32.2 Å². The van der Waals surface area contributed by atoms with Crippen molar-refractivity contribution < 1.29 is 4.42 Å². The molecule has 3 nitrogen and oxygen atoms in total. The smallest absolute Gasteiger partial charge is 0.135 e. The predicted octanol–water partition coefficient (Wildman–Crippen LogP) is 12.7. The van der Waals surface area contributed by atoms with Crippen molar-refractivity contribution in [2.24, 2.45) is 0 Å². The molecule has 0 amide bonds. The van der Waals surface area contributed by atoms with Crippen LogP contribution in [0.3, 0.4) is 0 Å². The van der Waals surface area contributed by atoms with Crippen LogP contribution in [0.15, 0.2) is 168 Å². The number of nitrogens with zero attached hydrogens (tertiary/aromatic N) is 1. The maximum Gasteiger partial charge on any atom is 0.135 e. The minimum atomic E-state index is 0.877. The van der Waals surface area contributed by atoms with Crippen molar-refractivity contribution in [2.75, 3.05) is 4.90 Å². The van der Waals surface area contributed by atoms with Crippen LogP contribution in [0.4, 0.5) is 17.1 Å². The number of rotatable bonds is 4. The number of aromatic amines is 1. The highest BCUT2D eigenvalue weighted by atomic mass is 16.3. The zero-order valence-corrected chi connectivity index (χ0v) is 25.4. The number of fused-ring (bicyclic) bond motifs is 8. The third kappa shape index (κ3) is 4.14. The molecule has 0 bridgehead atoms. The van der Waals surface area contributed by atoms with E-state index in [0.29, 0.717) is 0 Å². The first-order chi connectivity index (χ1) is 23.3. The van der Waals surface area contributed by atoms with Crippen LogP contribution in [0.5, 0.6) is 0 Å². The molecule has 0 aliphatic carbocycles. The molecule has 10 rings (SSSR count). The summed E-state index contributed by atoms with van der Waals surface area (Å²) in [5.74, 6) is 0. The molecule has 0 saturated heterocycles. The van der Waals surface area contributed by atoms with Crippen molar-refractivity contribution in [2.45, 2.75) is 0 Å². The zero-order valence-electron chi connectivity index (χ0n) is 25.4. The van der Waals surface area contributed by atoms with Crippen molar-refractivity contribution in [3.05, 3.63) is 164 Å². The molecule has 1 N–H and O–H groups in total. The minimum Gasteiger partial charge on any atom is -0.456 e.